The normalized spacial score (nSPS) is 17.7. The first kappa shape index (κ1) is 17.6. The molecule has 0 saturated carbocycles. The molecule has 1 unspecified atom stereocenters. The Hall–Kier alpha value is -1.80. The zero-order chi connectivity index (χ0) is 18.3. The number of fused-ring (bicyclic) bond motifs is 1. The first-order chi connectivity index (χ1) is 12.4. The molecule has 1 aliphatic rings. The van der Waals surface area contributed by atoms with Crippen molar-refractivity contribution in [1.82, 2.24) is 9.97 Å². The highest BCUT2D eigenvalue weighted by Gasteiger charge is 2.21. The van der Waals surface area contributed by atoms with Crippen molar-refractivity contribution in [3.63, 3.8) is 0 Å². The number of rotatable bonds is 4. The second-order valence-electron chi connectivity index (χ2n) is 6.04. The third-order valence-electron chi connectivity index (χ3n) is 4.19. The minimum atomic E-state index is -3.78. The number of halogens is 2. The van der Waals surface area contributed by atoms with Gasteiger partial charge < -0.3 is 9.72 Å². The van der Waals surface area contributed by atoms with E-state index in [1.165, 1.54) is 18.2 Å². The van der Waals surface area contributed by atoms with Gasteiger partial charge >= 0.3 is 0 Å². The highest BCUT2D eigenvalue weighted by Crippen LogP contribution is 2.30. The molecule has 2 heterocycles. The quantitative estimate of drug-likeness (QED) is 0.660. The summed E-state index contributed by atoms with van der Waals surface area (Å²) in [7, 11) is -3.78. The highest BCUT2D eigenvalue weighted by atomic mass is 35.5. The molecule has 0 radical (unpaired) electrons. The summed E-state index contributed by atoms with van der Waals surface area (Å²) in [4.78, 5) is 7.77. The molecule has 1 atom stereocenters. The summed E-state index contributed by atoms with van der Waals surface area (Å²) in [6.07, 6.45) is 1.91. The van der Waals surface area contributed by atoms with Gasteiger partial charge in [0, 0.05) is 6.61 Å². The van der Waals surface area contributed by atoms with Crippen molar-refractivity contribution >= 4 is 49.9 Å². The Labute approximate surface area is 160 Å². The van der Waals surface area contributed by atoms with Gasteiger partial charge in [0.25, 0.3) is 10.0 Å². The number of aromatic amines is 1. The van der Waals surface area contributed by atoms with Crippen LogP contribution in [0.15, 0.2) is 41.3 Å². The third-order valence-corrected chi connectivity index (χ3v) is 6.31. The van der Waals surface area contributed by atoms with E-state index in [0.29, 0.717) is 10.7 Å². The molecule has 26 heavy (non-hydrogen) atoms. The van der Waals surface area contributed by atoms with Gasteiger partial charge in [0.1, 0.15) is 11.9 Å². The second-order valence-corrected chi connectivity index (χ2v) is 8.53. The Bertz CT molecular complexity index is 1080. The maximum atomic E-state index is 12.6. The van der Waals surface area contributed by atoms with Gasteiger partial charge in [-0.25, -0.2) is 13.4 Å². The Kier molecular flexibility index (Phi) is 4.56. The SMILES string of the molecule is O=S(=O)(Nc1ccc2nc(C3CCCO3)[nH]c2c1)c1ccc(Cl)c(Cl)c1. The van der Waals surface area contributed by atoms with E-state index in [1.54, 1.807) is 18.2 Å². The van der Waals surface area contributed by atoms with Crippen LogP contribution in [-0.4, -0.2) is 25.0 Å². The fourth-order valence-corrected chi connectivity index (χ4v) is 4.33. The van der Waals surface area contributed by atoms with Crippen LogP contribution in [0, 0.1) is 0 Å². The number of hydrogen-bond donors (Lipinski definition) is 2. The van der Waals surface area contributed by atoms with Gasteiger partial charge in [-0.2, -0.15) is 0 Å². The molecule has 6 nitrogen and oxygen atoms in total. The Morgan fingerprint density at radius 2 is 2.00 bits per heavy atom. The van der Waals surface area contributed by atoms with Gasteiger partial charge in [0.2, 0.25) is 0 Å². The Morgan fingerprint density at radius 3 is 2.73 bits per heavy atom. The minimum Gasteiger partial charge on any atom is -0.370 e. The van der Waals surface area contributed by atoms with Crippen LogP contribution in [0.4, 0.5) is 5.69 Å². The van der Waals surface area contributed by atoms with Crippen LogP contribution in [0.25, 0.3) is 11.0 Å². The summed E-state index contributed by atoms with van der Waals surface area (Å²) in [6.45, 7) is 0.733. The number of nitrogens with one attached hydrogen (secondary N) is 2. The lowest BCUT2D eigenvalue weighted by Crippen LogP contribution is -2.12. The first-order valence-corrected chi connectivity index (χ1v) is 10.3. The number of H-pyrrole nitrogens is 1. The molecule has 9 heteroatoms. The van der Waals surface area contributed by atoms with Crippen LogP contribution < -0.4 is 4.72 Å². The van der Waals surface area contributed by atoms with E-state index in [9.17, 15) is 8.42 Å². The summed E-state index contributed by atoms with van der Waals surface area (Å²) in [5.74, 6) is 0.766. The molecule has 1 saturated heterocycles. The Balaban J connectivity index is 1.62. The number of benzene rings is 2. The Morgan fingerprint density at radius 1 is 1.15 bits per heavy atom. The van der Waals surface area contributed by atoms with Gasteiger partial charge in [-0.1, -0.05) is 23.2 Å². The van der Waals surface area contributed by atoms with Gasteiger partial charge in [0.05, 0.1) is 31.7 Å². The highest BCUT2D eigenvalue weighted by molar-refractivity contribution is 7.92. The van der Waals surface area contributed by atoms with Gasteiger partial charge in [-0.05, 0) is 49.2 Å². The largest absolute Gasteiger partial charge is 0.370 e. The standard InChI is InChI=1S/C17H15Cl2N3O3S/c18-12-5-4-11(9-13(12)19)26(23,24)22-10-3-6-14-15(8-10)21-17(20-14)16-2-1-7-25-16/h3-6,8-9,16,22H,1-2,7H2,(H,20,21). The van der Waals surface area contributed by atoms with Crippen LogP contribution in [0.2, 0.25) is 10.0 Å². The van der Waals surface area contributed by atoms with Crippen LogP contribution in [-0.2, 0) is 14.8 Å². The second kappa shape index (κ2) is 6.74. The number of aromatic nitrogens is 2. The minimum absolute atomic E-state index is 0.0289. The smallest absolute Gasteiger partial charge is 0.261 e. The van der Waals surface area contributed by atoms with E-state index >= 15 is 0 Å². The predicted molar refractivity (Wildman–Crippen MR) is 101 cm³/mol. The molecule has 0 spiro atoms. The average Bonchev–Trinajstić information content (AvgIpc) is 3.25. The van der Waals surface area contributed by atoms with Gasteiger partial charge in [-0.3, -0.25) is 4.72 Å². The van der Waals surface area contributed by atoms with E-state index < -0.39 is 10.0 Å². The van der Waals surface area contributed by atoms with Crippen LogP contribution in [0.1, 0.15) is 24.8 Å². The van der Waals surface area contributed by atoms with Crippen molar-refractivity contribution in [2.75, 3.05) is 11.3 Å². The molecule has 2 aromatic carbocycles. The number of imidazole rings is 1. The van der Waals surface area contributed by atoms with Crippen molar-refractivity contribution in [2.24, 2.45) is 0 Å². The average molecular weight is 412 g/mol. The third kappa shape index (κ3) is 3.40. The molecule has 1 aromatic heterocycles. The van der Waals surface area contributed by atoms with Crippen molar-refractivity contribution in [3.8, 4) is 0 Å². The molecule has 2 N–H and O–H groups in total. The van der Waals surface area contributed by atoms with Crippen LogP contribution in [0.3, 0.4) is 0 Å². The molecule has 136 valence electrons. The van der Waals surface area contributed by atoms with E-state index in [0.717, 1.165) is 36.3 Å². The number of ether oxygens (including phenoxy) is 1. The summed E-state index contributed by atoms with van der Waals surface area (Å²) >= 11 is 11.8. The lowest BCUT2D eigenvalue weighted by Gasteiger charge is -2.09. The first-order valence-electron chi connectivity index (χ1n) is 8.01. The topological polar surface area (TPSA) is 84.1 Å². The number of sulfonamides is 1. The molecule has 0 amide bonds. The van der Waals surface area contributed by atoms with Crippen molar-refractivity contribution in [2.45, 2.75) is 23.8 Å². The molecule has 3 aromatic rings. The van der Waals surface area contributed by atoms with Crippen LogP contribution in [0.5, 0.6) is 0 Å². The van der Waals surface area contributed by atoms with Gasteiger partial charge in [-0.15, -0.1) is 0 Å². The van der Waals surface area contributed by atoms with Crippen molar-refractivity contribution < 1.29 is 13.2 Å². The zero-order valence-corrected chi connectivity index (χ0v) is 15.8. The number of hydrogen-bond acceptors (Lipinski definition) is 4. The maximum absolute atomic E-state index is 12.6. The van der Waals surface area contributed by atoms with E-state index in [4.69, 9.17) is 27.9 Å². The summed E-state index contributed by atoms with van der Waals surface area (Å²) in [5, 5.41) is 0.478. The lowest BCUT2D eigenvalue weighted by atomic mass is 10.2. The van der Waals surface area contributed by atoms with Crippen molar-refractivity contribution in [1.29, 1.82) is 0 Å². The lowest BCUT2D eigenvalue weighted by molar-refractivity contribution is 0.106. The molecule has 0 bridgehead atoms. The number of nitrogens with zero attached hydrogens (tertiary/aromatic N) is 1. The molecule has 1 fully saturated rings. The molecular weight excluding hydrogens is 397 g/mol. The molecule has 4 rings (SSSR count). The van der Waals surface area contributed by atoms with Crippen LogP contribution >= 0.6 is 23.2 Å². The summed E-state index contributed by atoms with van der Waals surface area (Å²) in [5.41, 5.74) is 1.92. The summed E-state index contributed by atoms with van der Waals surface area (Å²) < 4.78 is 33.3. The van der Waals surface area contributed by atoms with Gasteiger partial charge in [0.15, 0.2) is 0 Å². The zero-order valence-electron chi connectivity index (χ0n) is 13.5. The predicted octanol–water partition coefficient (Wildman–Crippen LogP) is 4.52. The van der Waals surface area contributed by atoms with E-state index in [-0.39, 0.29) is 16.0 Å². The maximum Gasteiger partial charge on any atom is 0.261 e. The fourth-order valence-electron chi connectivity index (χ4n) is 2.90. The molecular formula is C17H15Cl2N3O3S. The van der Waals surface area contributed by atoms with E-state index in [1.807, 2.05) is 0 Å². The van der Waals surface area contributed by atoms with E-state index in [2.05, 4.69) is 14.7 Å². The molecule has 1 aliphatic heterocycles. The summed E-state index contributed by atoms with van der Waals surface area (Å²) in [6, 6.07) is 9.30. The molecule has 0 aliphatic carbocycles. The monoisotopic (exact) mass is 411 g/mol. The van der Waals surface area contributed by atoms with Crippen molar-refractivity contribution in [3.05, 3.63) is 52.3 Å². The fraction of sp³-hybridized carbons (Fsp3) is 0.235. The number of anilines is 1.